The molecule has 0 bridgehead atoms. The Labute approximate surface area is 95.4 Å². The Kier molecular flexibility index (Phi) is 5.62. The molecule has 1 aliphatic carbocycles. The van der Waals surface area contributed by atoms with Crippen molar-refractivity contribution in [2.75, 3.05) is 13.1 Å². The second-order valence-corrected chi connectivity index (χ2v) is 5.08. The maximum atomic E-state index is 3.66. The number of nitrogens with zero attached hydrogens (tertiary/aromatic N) is 1. The molecule has 1 N–H and O–H groups in total. The van der Waals surface area contributed by atoms with Gasteiger partial charge in [0.1, 0.15) is 0 Å². The van der Waals surface area contributed by atoms with E-state index in [9.17, 15) is 0 Å². The summed E-state index contributed by atoms with van der Waals surface area (Å²) in [6.45, 7) is 11.6. The first-order valence-corrected chi connectivity index (χ1v) is 6.68. The van der Waals surface area contributed by atoms with Crippen molar-refractivity contribution in [3.63, 3.8) is 0 Å². The lowest BCUT2D eigenvalue weighted by Crippen LogP contribution is -2.46. The number of hydrogen-bond donors (Lipinski definition) is 1. The summed E-state index contributed by atoms with van der Waals surface area (Å²) in [7, 11) is 0. The normalized spacial score (nSPS) is 18.8. The lowest BCUT2D eigenvalue weighted by Gasteiger charge is -2.34. The highest BCUT2D eigenvalue weighted by molar-refractivity contribution is 4.84. The van der Waals surface area contributed by atoms with Crippen LogP contribution >= 0.6 is 0 Å². The molecule has 2 heteroatoms. The van der Waals surface area contributed by atoms with Gasteiger partial charge < -0.3 is 5.32 Å². The Morgan fingerprint density at radius 3 is 2.33 bits per heavy atom. The van der Waals surface area contributed by atoms with Crippen LogP contribution in [0.5, 0.6) is 0 Å². The molecule has 0 aromatic rings. The van der Waals surface area contributed by atoms with Crippen molar-refractivity contribution >= 4 is 0 Å². The molecule has 0 aromatic heterocycles. The highest BCUT2D eigenvalue weighted by Crippen LogP contribution is 2.19. The monoisotopic (exact) mass is 212 g/mol. The highest BCUT2D eigenvalue weighted by Gasteiger charge is 2.24. The minimum atomic E-state index is 0.677. The van der Waals surface area contributed by atoms with Crippen LogP contribution in [0, 0.1) is 0 Å². The fourth-order valence-electron chi connectivity index (χ4n) is 2.21. The van der Waals surface area contributed by atoms with E-state index in [1.807, 2.05) is 0 Å². The van der Waals surface area contributed by atoms with E-state index in [-0.39, 0.29) is 0 Å². The molecule has 0 heterocycles. The van der Waals surface area contributed by atoms with Gasteiger partial charge in [-0.3, -0.25) is 4.90 Å². The van der Waals surface area contributed by atoms with Gasteiger partial charge in [0, 0.05) is 24.7 Å². The van der Waals surface area contributed by atoms with Gasteiger partial charge in [-0.15, -0.1) is 0 Å². The molecule has 2 nitrogen and oxygen atoms in total. The smallest absolute Gasteiger partial charge is 0.0220 e. The zero-order chi connectivity index (χ0) is 11.3. The zero-order valence-corrected chi connectivity index (χ0v) is 10.9. The first kappa shape index (κ1) is 13.0. The average Bonchev–Trinajstić information content (AvgIpc) is 3.00. The number of nitrogens with one attached hydrogen (secondary N) is 1. The average molecular weight is 212 g/mol. The van der Waals surface area contributed by atoms with Crippen molar-refractivity contribution in [1.82, 2.24) is 10.2 Å². The Morgan fingerprint density at radius 2 is 1.93 bits per heavy atom. The molecule has 0 radical (unpaired) electrons. The second kappa shape index (κ2) is 6.49. The maximum Gasteiger partial charge on any atom is 0.0220 e. The van der Waals surface area contributed by atoms with E-state index < -0.39 is 0 Å². The van der Waals surface area contributed by atoms with Crippen LogP contribution in [0.25, 0.3) is 0 Å². The molecule has 0 amide bonds. The number of hydrogen-bond acceptors (Lipinski definition) is 2. The molecule has 0 aliphatic heterocycles. The fraction of sp³-hybridized carbons (Fsp3) is 1.00. The van der Waals surface area contributed by atoms with Crippen LogP contribution in [-0.2, 0) is 0 Å². The molecule has 1 saturated carbocycles. The van der Waals surface area contributed by atoms with Gasteiger partial charge in [-0.1, -0.05) is 13.8 Å². The summed E-state index contributed by atoms with van der Waals surface area (Å²) in [6.07, 6.45) is 5.31. The summed E-state index contributed by atoms with van der Waals surface area (Å²) < 4.78 is 0. The summed E-state index contributed by atoms with van der Waals surface area (Å²) >= 11 is 0. The summed E-state index contributed by atoms with van der Waals surface area (Å²) in [6, 6.07) is 2.25. The SMILES string of the molecule is CCCN(C(C)C)C(CC)CNC1CC1. The van der Waals surface area contributed by atoms with Crippen molar-refractivity contribution in [2.45, 2.75) is 71.5 Å². The molecular formula is C13H28N2. The summed E-state index contributed by atoms with van der Waals surface area (Å²) in [5.74, 6) is 0. The first-order chi connectivity index (χ1) is 7.19. The first-order valence-electron chi connectivity index (χ1n) is 6.68. The van der Waals surface area contributed by atoms with Crippen LogP contribution in [0.4, 0.5) is 0 Å². The third-order valence-electron chi connectivity index (χ3n) is 3.30. The lowest BCUT2D eigenvalue weighted by molar-refractivity contribution is 0.145. The molecule has 1 fully saturated rings. The Bertz CT molecular complexity index is 164. The Hall–Kier alpha value is -0.0800. The van der Waals surface area contributed by atoms with Gasteiger partial charge in [0.2, 0.25) is 0 Å². The molecule has 0 saturated heterocycles. The second-order valence-electron chi connectivity index (χ2n) is 5.08. The van der Waals surface area contributed by atoms with Crippen molar-refractivity contribution in [1.29, 1.82) is 0 Å². The standard InChI is InChI=1S/C13H28N2/c1-5-9-15(11(3)4)13(6-2)10-14-12-7-8-12/h11-14H,5-10H2,1-4H3. The van der Waals surface area contributed by atoms with Gasteiger partial charge in [0.05, 0.1) is 0 Å². The van der Waals surface area contributed by atoms with E-state index in [1.165, 1.54) is 38.8 Å². The quantitative estimate of drug-likeness (QED) is 0.665. The number of rotatable bonds is 8. The van der Waals surface area contributed by atoms with Crippen LogP contribution in [-0.4, -0.2) is 36.1 Å². The van der Waals surface area contributed by atoms with Gasteiger partial charge >= 0.3 is 0 Å². The molecule has 15 heavy (non-hydrogen) atoms. The molecule has 1 unspecified atom stereocenters. The predicted molar refractivity (Wildman–Crippen MR) is 67.2 cm³/mol. The van der Waals surface area contributed by atoms with E-state index in [2.05, 4.69) is 37.9 Å². The summed E-state index contributed by atoms with van der Waals surface area (Å²) in [5.41, 5.74) is 0. The van der Waals surface area contributed by atoms with Crippen LogP contribution in [0.15, 0.2) is 0 Å². The minimum absolute atomic E-state index is 0.677. The van der Waals surface area contributed by atoms with Gasteiger partial charge in [-0.25, -0.2) is 0 Å². The van der Waals surface area contributed by atoms with E-state index in [1.54, 1.807) is 0 Å². The van der Waals surface area contributed by atoms with Crippen molar-refractivity contribution in [3.05, 3.63) is 0 Å². The minimum Gasteiger partial charge on any atom is -0.312 e. The van der Waals surface area contributed by atoms with Crippen molar-refractivity contribution in [2.24, 2.45) is 0 Å². The van der Waals surface area contributed by atoms with Crippen LogP contribution in [0.3, 0.4) is 0 Å². The van der Waals surface area contributed by atoms with Crippen LogP contribution < -0.4 is 5.32 Å². The van der Waals surface area contributed by atoms with Gasteiger partial charge in [-0.2, -0.15) is 0 Å². The molecule has 0 aromatic carbocycles. The van der Waals surface area contributed by atoms with Crippen molar-refractivity contribution in [3.8, 4) is 0 Å². The van der Waals surface area contributed by atoms with E-state index in [4.69, 9.17) is 0 Å². The van der Waals surface area contributed by atoms with Gasteiger partial charge in [0.15, 0.2) is 0 Å². The van der Waals surface area contributed by atoms with E-state index >= 15 is 0 Å². The largest absolute Gasteiger partial charge is 0.312 e. The third-order valence-corrected chi connectivity index (χ3v) is 3.30. The lowest BCUT2D eigenvalue weighted by atomic mass is 10.1. The molecule has 1 rings (SSSR count). The summed E-state index contributed by atoms with van der Waals surface area (Å²) in [4.78, 5) is 2.65. The van der Waals surface area contributed by atoms with Gasteiger partial charge in [-0.05, 0) is 46.1 Å². The fourth-order valence-corrected chi connectivity index (χ4v) is 2.21. The van der Waals surface area contributed by atoms with E-state index in [0.717, 1.165) is 12.1 Å². The van der Waals surface area contributed by atoms with Crippen LogP contribution in [0.2, 0.25) is 0 Å². The maximum absolute atomic E-state index is 3.66. The Morgan fingerprint density at radius 1 is 1.27 bits per heavy atom. The third kappa shape index (κ3) is 4.52. The van der Waals surface area contributed by atoms with Crippen molar-refractivity contribution < 1.29 is 0 Å². The molecular weight excluding hydrogens is 184 g/mol. The molecule has 90 valence electrons. The van der Waals surface area contributed by atoms with Gasteiger partial charge in [0.25, 0.3) is 0 Å². The molecule has 1 atom stereocenters. The molecule has 0 spiro atoms. The Balaban J connectivity index is 2.35. The van der Waals surface area contributed by atoms with E-state index in [0.29, 0.717) is 6.04 Å². The highest BCUT2D eigenvalue weighted by atomic mass is 15.2. The van der Waals surface area contributed by atoms with Crippen LogP contribution in [0.1, 0.15) is 53.4 Å². The predicted octanol–water partition coefficient (Wildman–Crippen LogP) is 2.64. The topological polar surface area (TPSA) is 15.3 Å². The molecule has 1 aliphatic rings. The zero-order valence-electron chi connectivity index (χ0n) is 10.9. The summed E-state index contributed by atoms with van der Waals surface area (Å²) in [5, 5.41) is 3.66.